The Balaban J connectivity index is 2.15. The van der Waals surface area contributed by atoms with Gasteiger partial charge in [0.1, 0.15) is 0 Å². The molecule has 0 fully saturated rings. The molecule has 0 saturated carbocycles. The number of hydrogen-bond donors (Lipinski definition) is 1. The third kappa shape index (κ3) is 1.91. The number of nitrogens with two attached hydrogens (primary N) is 1. The molecule has 2 heterocycles. The zero-order chi connectivity index (χ0) is 14.3. The van der Waals surface area contributed by atoms with Crippen molar-refractivity contribution >= 4 is 11.0 Å². The van der Waals surface area contributed by atoms with Crippen LogP contribution in [0.15, 0.2) is 24.5 Å². The number of benzene rings is 1. The molecule has 0 aliphatic rings. The van der Waals surface area contributed by atoms with Crippen LogP contribution in [0.5, 0.6) is 0 Å². The smallest absolute Gasteiger partial charge is 0.0955 e. The fourth-order valence-corrected chi connectivity index (χ4v) is 2.75. The van der Waals surface area contributed by atoms with Crippen molar-refractivity contribution in [3.63, 3.8) is 0 Å². The third-order valence-electron chi connectivity index (χ3n) is 3.76. The van der Waals surface area contributed by atoms with Gasteiger partial charge >= 0.3 is 0 Å². The van der Waals surface area contributed by atoms with Gasteiger partial charge in [0.15, 0.2) is 0 Å². The first-order valence-corrected chi connectivity index (χ1v) is 6.76. The topological polar surface area (TPSA) is 61.7 Å². The molecule has 0 atom stereocenters. The lowest BCUT2D eigenvalue weighted by molar-refractivity contribution is 0.745. The number of aromatic nitrogens is 4. The normalized spacial score (nSPS) is 11.4. The lowest BCUT2D eigenvalue weighted by Gasteiger charge is -2.04. The minimum Gasteiger partial charge on any atom is -0.334 e. The summed E-state index contributed by atoms with van der Waals surface area (Å²) in [6, 6.07) is 6.35. The van der Waals surface area contributed by atoms with Crippen molar-refractivity contribution in [3.8, 4) is 11.3 Å². The minimum absolute atomic E-state index is 0.622. The van der Waals surface area contributed by atoms with E-state index in [2.05, 4.69) is 35.2 Å². The van der Waals surface area contributed by atoms with Gasteiger partial charge in [-0.25, -0.2) is 4.98 Å². The molecular formula is C15H19N5. The summed E-state index contributed by atoms with van der Waals surface area (Å²) < 4.78 is 3.96. The van der Waals surface area contributed by atoms with Gasteiger partial charge in [-0.1, -0.05) is 6.07 Å². The van der Waals surface area contributed by atoms with Crippen molar-refractivity contribution in [1.82, 2.24) is 19.3 Å². The Kier molecular flexibility index (Phi) is 3.06. The van der Waals surface area contributed by atoms with E-state index in [0.29, 0.717) is 6.54 Å². The number of aryl methyl sites for hydroxylation is 2. The summed E-state index contributed by atoms with van der Waals surface area (Å²) in [5.41, 5.74) is 12.3. The molecule has 5 nitrogen and oxygen atoms in total. The quantitative estimate of drug-likeness (QED) is 0.788. The van der Waals surface area contributed by atoms with Gasteiger partial charge in [0.2, 0.25) is 0 Å². The highest BCUT2D eigenvalue weighted by molar-refractivity contribution is 5.82. The first-order chi connectivity index (χ1) is 9.61. The second-order valence-electron chi connectivity index (χ2n) is 5.14. The molecule has 0 aliphatic carbocycles. The van der Waals surface area contributed by atoms with Crippen LogP contribution < -0.4 is 5.73 Å². The molecule has 0 aliphatic heterocycles. The molecule has 1 aromatic carbocycles. The SMILES string of the molecule is Cc1c(CCN)nn(C)c1-c1ccc2c(c1)ncn2C. The van der Waals surface area contributed by atoms with Crippen LogP contribution in [-0.4, -0.2) is 25.9 Å². The van der Waals surface area contributed by atoms with Crippen molar-refractivity contribution in [2.75, 3.05) is 6.54 Å². The van der Waals surface area contributed by atoms with Crippen molar-refractivity contribution in [2.24, 2.45) is 19.8 Å². The second kappa shape index (κ2) is 4.76. The Labute approximate surface area is 118 Å². The van der Waals surface area contributed by atoms with Gasteiger partial charge in [-0.3, -0.25) is 4.68 Å². The number of rotatable bonds is 3. The van der Waals surface area contributed by atoms with Gasteiger partial charge in [0.05, 0.1) is 28.7 Å². The third-order valence-corrected chi connectivity index (χ3v) is 3.76. The number of imidazole rings is 1. The van der Waals surface area contributed by atoms with Crippen LogP contribution >= 0.6 is 0 Å². The average Bonchev–Trinajstić information content (AvgIpc) is 2.92. The Morgan fingerprint density at radius 2 is 2.05 bits per heavy atom. The molecule has 104 valence electrons. The highest BCUT2D eigenvalue weighted by atomic mass is 15.3. The molecule has 0 saturated heterocycles. The molecule has 0 radical (unpaired) electrons. The molecular weight excluding hydrogens is 250 g/mol. The highest BCUT2D eigenvalue weighted by Gasteiger charge is 2.14. The van der Waals surface area contributed by atoms with Gasteiger partial charge in [0.25, 0.3) is 0 Å². The number of hydrogen-bond acceptors (Lipinski definition) is 3. The van der Waals surface area contributed by atoms with Gasteiger partial charge in [-0.2, -0.15) is 5.10 Å². The largest absolute Gasteiger partial charge is 0.334 e. The maximum Gasteiger partial charge on any atom is 0.0955 e. The number of nitrogens with zero attached hydrogens (tertiary/aromatic N) is 4. The van der Waals surface area contributed by atoms with Gasteiger partial charge in [-0.15, -0.1) is 0 Å². The summed E-state index contributed by atoms with van der Waals surface area (Å²) in [7, 11) is 3.98. The second-order valence-corrected chi connectivity index (χ2v) is 5.14. The van der Waals surface area contributed by atoms with E-state index in [4.69, 9.17) is 5.73 Å². The first kappa shape index (κ1) is 12.9. The molecule has 5 heteroatoms. The Morgan fingerprint density at radius 3 is 2.80 bits per heavy atom. The van der Waals surface area contributed by atoms with E-state index in [0.717, 1.165) is 34.4 Å². The maximum atomic E-state index is 5.64. The lowest BCUT2D eigenvalue weighted by Crippen LogP contribution is -2.04. The van der Waals surface area contributed by atoms with Gasteiger partial charge in [-0.05, 0) is 31.2 Å². The summed E-state index contributed by atoms with van der Waals surface area (Å²) in [5.74, 6) is 0. The molecule has 0 bridgehead atoms. The maximum absolute atomic E-state index is 5.64. The fourth-order valence-electron chi connectivity index (χ4n) is 2.75. The van der Waals surface area contributed by atoms with Gasteiger partial charge < -0.3 is 10.3 Å². The van der Waals surface area contributed by atoms with E-state index in [-0.39, 0.29) is 0 Å². The molecule has 0 amide bonds. The zero-order valence-corrected chi connectivity index (χ0v) is 12.1. The van der Waals surface area contributed by atoms with Crippen LogP contribution in [0.1, 0.15) is 11.3 Å². The molecule has 3 rings (SSSR count). The van der Waals surface area contributed by atoms with Crippen LogP contribution in [0.2, 0.25) is 0 Å². The first-order valence-electron chi connectivity index (χ1n) is 6.76. The monoisotopic (exact) mass is 269 g/mol. The summed E-state index contributed by atoms with van der Waals surface area (Å²) in [6.07, 6.45) is 2.65. The molecule has 2 N–H and O–H groups in total. The predicted octanol–water partition coefficient (Wildman–Crippen LogP) is 1.78. The van der Waals surface area contributed by atoms with Crippen LogP contribution in [0, 0.1) is 6.92 Å². The lowest BCUT2D eigenvalue weighted by atomic mass is 10.0. The van der Waals surface area contributed by atoms with Gasteiger partial charge in [0, 0.05) is 26.1 Å². The summed E-state index contributed by atoms with van der Waals surface area (Å²) in [5, 5.41) is 4.57. The summed E-state index contributed by atoms with van der Waals surface area (Å²) in [4.78, 5) is 4.42. The standard InChI is InChI=1S/C15H19N5/c1-10-12(6-7-16)18-20(3)15(10)11-4-5-14-13(8-11)17-9-19(14)2/h4-5,8-9H,6-7,16H2,1-3H3. The molecule has 2 aromatic heterocycles. The predicted molar refractivity (Wildman–Crippen MR) is 80.4 cm³/mol. The molecule has 3 aromatic rings. The fraction of sp³-hybridized carbons (Fsp3) is 0.333. The van der Waals surface area contributed by atoms with Crippen LogP contribution in [-0.2, 0) is 20.5 Å². The summed E-state index contributed by atoms with van der Waals surface area (Å²) in [6.45, 7) is 2.73. The van der Waals surface area contributed by atoms with Crippen LogP contribution in [0.4, 0.5) is 0 Å². The van der Waals surface area contributed by atoms with E-state index in [9.17, 15) is 0 Å². The van der Waals surface area contributed by atoms with Crippen molar-refractivity contribution in [2.45, 2.75) is 13.3 Å². The Morgan fingerprint density at radius 1 is 1.25 bits per heavy atom. The molecule has 0 unspecified atom stereocenters. The van der Waals surface area contributed by atoms with Crippen molar-refractivity contribution in [1.29, 1.82) is 0 Å². The van der Waals surface area contributed by atoms with Crippen LogP contribution in [0.25, 0.3) is 22.3 Å². The minimum atomic E-state index is 0.622. The van der Waals surface area contributed by atoms with Crippen molar-refractivity contribution in [3.05, 3.63) is 35.8 Å². The highest BCUT2D eigenvalue weighted by Crippen LogP contribution is 2.27. The van der Waals surface area contributed by atoms with E-state index in [1.165, 1.54) is 5.56 Å². The zero-order valence-electron chi connectivity index (χ0n) is 12.1. The van der Waals surface area contributed by atoms with E-state index >= 15 is 0 Å². The Bertz CT molecular complexity index is 766. The number of fused-ring (bicyclic) bond motifs is 1. The summed E-state index contributed by atoms with van der Waals surface area (Å²) >= 11 is 0. The van der Waals surface area contributed by atoms with Crippen LogP contribution in [0.3, 0.4) is 0 Å². The van der Waals surface area contributed by atoms with E-state index in [1.807, 2.05) is 29.7 Å². The van der Waals surface area contributed by atoms with E-state index < -0.39 is 0 Å². The molecule has 0 spiro atoms. The van der Waals surface area contributed by atoms with E-state index in [1.54, 1.807) is 0 Å². The average molecular weight is 269 g/mol. The molecule has 20 heavy (non-hydrogen) atoms. The van der Waals surface area contributed by atoms with Crippen molar-refractivity contribution < 1.29 is 0 Å². The Hall–Kier alpha value is -2.14.